The van der Waals surface area contributed by atoms with Crippen LogP contribution in [0.5, 0.6) is 0 Å². The molecule has 0 saturated carbocycles. The van der Waals surface area contributed by atoms with E-state index in [1.165, 1.54) is 0 Å². The van der Waals surface area contributed by atoms with E-state index in [0.717, 1.165) is 15.6 Å². The highest BCUT2D eigenvalue weighted by molar-refractivity contribution is 9.10. The van der Waals surface area contributed by atoms with E-state index < -0.39 is 5.97 Å². The molecule has 0 amide bonds. The maximum absolute atomic E-state index is 10.6. The van der Waals surface area contributed by atoms with Crippen LogP contribution in [0.1, 0.15) is 21.5 Å². The number of rotatable bonds is 1. The van der Waals surface area contributed by atoms with Gasteiger partial charge in [0.1, 0.15) is 0 Å². The number of carbonyl (C=O) groups excluding carboxylic acids is 1. The molecule has 0 spiro atoms. The molecule has 0 aliphatic rings. The molecule has 0 aliphatic carbocycles. The highest BCUT2D eigenvalue weighted by atomic mass is 79.9. The van der Waals surface area contributed by atoms with Gasteiger partial charge in [0.2, 0.25) is 0 Å². The van der Waals surface area contributed by atoms with E-state index in [-0.39, 0.29) is 0 Å². The van der Waals surface area contributed by atoms with Crippen molar-refractivity contribution in [3.8, 4) is 0 Å². The van der Waals surface area contributed by atoms with E-state index in [1.54, 1.807) is 26.0 Å². The predicted octanol–water partition coefficient (Wildman–Crippen LogP) is 1.43. The van der Waals surface area contributed by atoms with E-state index in [0.29, 0.717) is 5.56 Å². The highest BCUT2D eigenvalue weighted by Crippen LogP contribution is 2.19. The van der Waals surface area contributed by atoms with Gasteiger partial charge < -0.3 is 9.90 Å². The molecule has 0 fully saturated rings. The SMILES string of the molecule is Cc1cc(Br)cc(C)c1C(=O)[O-]. The Kier molecular flexibility index (Phi) is 2.52. The lowest BCUT2D eigenvalue weighted by molar-refractivity contribution is -0.255. The number of carboxylic acids is 1. The quantitative estimate of drug-likeness (QED) is 0.729. The minimum Gasteiger partial charge on any atom is -0.545 e. The molecule has 0 atom stereocenters. The first kappa shape index (κ1) is 9.26. The van der Waals surface area contributed by atoms with Crippen LogP contribution in [0.3, 0.4) is 0 Å². The Hall–Kier alpha value is -0.830. The molecule has 0 radical (unpaired) electrons. The summed E-state index contributed by atoms with van der Waals surface area (Å²) in [6.07, 6.45) is 0. The molecule has 3 heteroatoms. The summed E-state index contributed by atoms with van der Waals surface area (Å²) in [5, 5.41) is 10.6. The van der Waals surface area contributed by atoms with Gasteiger partial charge >= 0.3 is 0 Å². The molecule has 0 aliphatic heterocycles. The number of aryl methyl sites for hydroxylation is 2. The second kappa shape index (κ2) is 3.27. The van der Waals surface area contributed by atoms with Gasteiger partial charge in [0, 0.05) is 10.0 Å². The zero-order valence-electron chi connectivity index (χ0n) is 6.85. The molecule has 1 aromatic carbocycles. The first-order valence-electron chi connectivity index (χ1n) is 3.50. The molecular weight excluding hydrogens is 220 g/mol. The van der Waals surface area contributed by atoms with Crippen LogP contribution in [0.4, 0.5) is 0 Å². The van der Waals surface area contributed by atoms with Gasteiger partial charge in [-0.15, -0.1) is 0 Å². The maximum Gasteiger partial charge on any atom is 0.0720 e. The summed E-state index contributed by atoms with van der Waals surface area (Å²) in [6.45, 7) is 3.51. The average Bonchev–Trinajstić information content (AvgIpc) is 1.82. The number of carbonyl (C=O) groups is 1. The molecule has 1 rings (SSSR count). The van der Waals surface area contributed by atoms with Crippen molar-refractivity contribution in [2.24, 2.45) is 0 Å². The Bertz CT molecular complexity index is 308. The fraction of sp³-hybridized carbons (Fsp3) is 0.222. The minimum atomic E-state index is -1.11. The lowest BCUT2D eigenvalue weighted by Crippen LogP contribution is -2.24. The van der Waals surface area contributed by atoms with Crippen molar-refractivity contribution in [1.29, 1.82) is 0 Å². The second-order valence-corrected chi connectivity index (χ2v) is 3.62. The molecular formula is C9H8BrO2-. The van der Waals surface area contributed by atoms with Gasteiger partial charge in [0.15, 0.2) is 0 Å². The van der Waals surface area contributed by atoms with Gasteiger partial charge in [-0.3, -0.25) is 0 Å². The first-order chi connectivity index (χ1) is 5.52. The maximum atomic E-state index is 10.6. The fourth-order valence-corrected chi connectivity index (χ4v) is 1.92. The van der Waals surface area contributed by atoms with Crippen LogP contribution in [0, 0.1) is 13.8 Å². The standard InChI is InChI=1S/C9H9BrO2/c1-5-3-7(10)4-6(2)8(5)9(11)12/h3-4H,1-2H3,(H,11,12)/p-1. The summed E-state index contributed by atoms with van der Waals surface area (Å²) in [7, 11) is 0. The Balaban J connectivity index is 3.38. The van der Waals surface area contributed by atoms with Gasteiger partial charge in [-0.25, -0.2) is 0 Å². The topological polar surface area (TPSA) is 40.1 Å². The molecule has 0 heterocycles. The Morgan fingerprint density at radius 2 is 1.75 bits per heavy atom. The van der Waals surface area contributed by atoms with Gasteiger partial charge in [-0.2, -0.15) is 0 Å². The molecule has 12 heavy (non-hydrogen) atoms. The highest BCUT2D eigenvalue weighted by Gasteiger charge is 2.03. The van der Waals surface area contributed by atoms with E-state index in [4.69, 9.17) is 0 Å². The third-order valence-electron chi connectivity index (χ3n) is 1.70. The first-order valence-corrected chi connectivity index (χ1v) is 4.29. The number of benzene rings is 1. The van der Waals surface area contributed by atoms with Crippen molar-refractivity contribution in [3.05, 3.63) is 33.3 Å². The van der Waals surface area contributed by atoms with Crippen LogP contribution >= 0.6 is 15.9 Å². The normalized spacial score (nSPS) is 9.92. The van der Waals surface area contributed by atoms with Crippen LogP contribution in [0.2, 0.25) is 0 Å². The fourth-order valence-electron chi connectivity index (χ4n) is 1.23. The molecule has 2 nitrogen and oxygen atoms in total. The monoisotopic (exact) mass is 227 g/mol. The Morgan fingerprint density at radius 1 is 1.33 bits per heavy atom. The smallest absolute Gasteiger partial charge is 0.0720 e. The molecule has 0 unspecified atom stereocenters. The molecule has 0 saturated heterocycles. The van der Waals surface area contributed by atoms with Crippen molar-refractivity contribution >= 4 is 21.9 Å². The number of hydrogen-bond donors (Lipinski definition) is 0. The van der Waals surface area contributed by atoms with Crippen molar-refractivity contribution in [1.82, 2.24) is 0 Å². The van der Waals surface area contributed by atoms with Crippen molar-refractivity contribution in [2.75, 3.05) is 0 Å². The minimum absolute atomic E-state index is 0.290. The van der Waals surface area contributed by atoms with Crippen LogP contribution in [-0.4, -0.2) is 5.97 Å². The number of halogens is 1. The van der Waals surface area contributed by atoms with Crippen molar-refractivity contribution < 1.29 is 9.90 Å². The zero-order chi connectivity index (χ0) is 9.30. The summed E-state index contributed by atoms with van der Waals surface area (Å²) in [5.41, 5.74) is 1.74. The van der Waals surface area contributed by atoms with Gasteiger partial charge in [-0.05, 0) is 37.1 Å². The van der Waals surface area contributed by atoms with Gasteiger partial charge in [0.25, 0.3) is 0 Å². The van der Waals surface area contributed by atoms with Crippen LogP contribution in [0.15, 0.2) is 16.6 Å². The molecule has 1 aromatic rings. The molecule has 0 N–H and O–H groups in total. The van der Waals surface area contributed by atoms with Crippen LogP contribution in [-0.2, 0) is 0 Å². The predicted molar refractivity (Wildman–Crippen MR) is 47.9 cm³/mol. The summed E-state index contributed by atoms with van der Waals surface area (Å²) in [6, 6.07) is 3.52. The lowest BCUT2D eigenvalue weighted by atomic mass is 10.0. The third kappa shape index (κ3) is 1.67. The summed E-state index contributed by atoms with van der Waals surface area (Å²) in [5.74, 6) is -1.11. The zero-order valence-corrected chi connectivity index (χ0v) is 8.44. The van der Waals surface area contributed by atoms with E-state index in [2.05, 4.69) is 15.9 Å². The number of aromatic carboxylic acids is 1. The third-order valence-corrected chi connectivity index (χ3v) is 2.16. The lowest BCUT2D eigenvalue weighted by Gasteiger charge is -2.10. The number of hydrogen-bond acceptors (Lipinski definition) is 2. The van der Waals surface area contributed by atoms with E-state index in [1.807, 2.05) is 0 Å². The molecule has 64 valence electrons. The molecule has 0 bridgehead atoms. The van der Waals surface area contributed by atoms with Crippen LogP contribution < -0.4 is 5.11 Å². The average molecular weight is 228 g/mol. The summed E-state index contributed by atoms with van der Waals surface area (Å²) < 4.78 is 0.891. The second-order valence-electron chi connectivity index (χ2n) is 2.70. The largest absolute Gasteiger partial charge is 0.545 e. The summed E-state index contributed by atoms with van der Waals surface area (Å²) in [4.78, 5) is 10.6. The van der Waals surface area contributed by atoms with Gasteiger partial charge in [0.05, 0.1) is 5.97 Å². The Morgan fingerprint density at radius 3 is 2.08 bits per heavy atom. The molecule has 0 aromatic heterocycles. The van der Waals surface area contributed by atoms with Crippen LogP contribution in [0.25, 0.3) is 0 Å². The van der Waals surface area contributed by atoms with E-state index in [9.17, 15) is 9.90 Å². The Labute approximate surface area is 79.3 Å². The van der Waals surface area contributed by atoms with Crippen molar-refractivity contribution in [2.45, 2.75) is 13.8 Å². The van der Waals surface area contributed by atoms with Crippen molar-refractivity contribution in [3.63, 3.8) is 0 Å². The van der Waals surface area contributed by atoms with E-state index >= 15 is 0 Å². The summed E-state index contributed by atoms with van der Waals surface area (Å²) >= 11 is 3.28. The van der Waals surface area contributed by atoms with Gasteiger partial charge in [-0.1, -0.05) is 15.9 Å². The number of carboxylic acid groups (broad SMARTS) is 1.